The normalized spacial score (nSPS) is 10.3. The Morgan fingerprint density at radius 2 is 1.54 bits per heavy atom. The van der Waals surface area contributed by atoms with Gasteiger partial charge in [0.15, 0.2) is 16.6 Å². The quantitative estimate of drug-likeness (QED) is 0.544. The Bertz CT molecular complexity index is 840. The minimum atomic E-state index is -0.375. The zero-order valence-electron chi connectivity index (χ0n) is 16.1. The van der Waals surface area contributed by atoms with Gasteiger partial charge in [-0.3, -0.25) is 10.1 Å². The van der Waals surface area contributed by atoms with Crippen LogP contribution in [0.15, 0.2) is 42.5 Å². The zero-order chi connectivity index (χ0) is 20.5. The van der Waals surface area contributed by atoms with Crippen LogP contribution in [0.3, 0.4) is 0 Å². The summed E-state index contributed by atoms with van der Waals surface area (Å²) in [4.78, 5) is 12.1. The molecule has 7 nitrogen and oxygen atoms in total. The number of benzene rings is 2. The van der Waals surface area contributed by atoms with Crippen LogP contribution in [0.25, 0.3) is 6.08 Å². The Hall–Kier alpha value is -3.26. The van der Waals surface area contributed by atoms with E-state index in [0.717, 1.165) is 11.4 Å². The van der Waals surface area contributed by atoms with E-state index in [9.17, 15) is 4.79 Å². The van der Waals surface area contributed by atoms with Crippen LogP contribution < -0.4 is 29.6 Å². The zero-order valence-corrected chi connectivity index (χ0v) is 16.9. The molecule has 2 aromatic carbocycles. The van der Waals surface area contributed by atoms with E-state index in [0.29, 0.717) is 22.8 Å². The summed E-state index contributed by atoms with van der Waals surface area (Å²) in [5.74, 6) is 1.84. The van der Waals surface area contributed by atoms with Gasteiger partial charge in [0, 0.05) is 11.8 Å². The first-order valence-electron chi connectivity index (χ1n) is 8.24. The van der Waals surface area contributed by atoms with Gasteiger partial charge < -0.3 is 24.3 Å². The molecule has 2 rings (SSSR count). The molecule has 0 fully saturated rings. The first-order chi connectivity index (χ1) is 13.5. The number of methoxy groups -OCH3 is 4. The lowest BCUT2D eigenvalue weighted by molar-refractivity contribution is -0.115. The molecule has 0 bridgehead atoms. The van der Waals surface area contributed by atoms with Crippen molar-refractivity contribution < 1.29 is 23.7 Å². The molecule has 0 aliphatic carbocycles. The van der Waals surface area contributed by atoms with Crippen LogP contribution in [0.2, 0.25) is 0 Å². The second kappa shape index (κ2) is 10.2. The maximum absolute atomic E-state index is 12.1. The molecule has 0 unspecified atom stereocenters. The summed E-state index contributed by atoms with van der Waals surface area (Å²) in [5, 5.41) is 5.70. The Balaban J connectivity index is 2.01. The summed E-state index contributed by atoms with van der Waals surface area (Å²) in [6, 6.07) is 10.6. The van der Waals surface area contributed by atoms with Crippen molar-refractivity contribution in [1.29, 1.82) is 0 Å². The predicted molar refractivity (Wildman–Crippen MR) is 112 cm³/mol. The number of thiocarbonyl (C=S) groups is 1. The number of carbonyl (C=O) groups is 1. The maximum atomic E-state index is 12.1. The van der Waals surface area contributed by atoms with E-state index < -0.39 is 0 Å². The van der Waals surface area contributed by atoms with Gasteiger partial charge in [-0.15, -0.1) is 0 Å². The van der Waals surface area contributed by atoms with Gasteiger partial charge in [-0.05, 0) is 60.3 Å². The summed E-state index contributed by atoms with van der Waals surface area (Å²) < 4.78 is 21.0. The van der Waals surface area contributed by atoms with Gasteiger partial charge >= 0.3 is 0 Å². The average molecular weight is 402 g/mol. The van der Waals surface area contributed by atoms with E-state index in [1.807, 2.05) is 0 Å². The number of hydrogen-bond donors (Lipinski definition) is 2. The van der Waals surface area contributed by atoms with E-state index >= 15 is 0 Å². The van der Waals surface area contributed by atoms with E-state index in [1.165, 1.54) is 27.4 Å². The predicted octanol–water partition coefficient (Wildman–Crippen LogP) is 3.25. The lowest BCUT2D eigenvalue weighted by Gasteiger charge is -2.12. The lowest BCUT2D eigenvalue weighted by atomic mass is 10.1. The van der Waals surface area contributed by atoms with Gasteiger partial charge in [-0.25, -0.2) is 0 Å². The summed E-state index contributed by atoms with van der Waals surface area (Å²) in [6.07, 6.45) is 2.98. The SMILES string of the molecule is COc1ccc(NC(=S)NC(=O)/C=C/c2cc(OC)c(OC)c(OC)c2)cc1. The summed E-state index contributed by atoms with van der Waals surface area (Å²) in [5.41, 5.74) is 1.44. The second-order valence-electron chi connectivity index (χ2n) is 5.46. The minimum Gasteiger partial charge on any atom is -0.497 e. The van der Waals surface area contributed by atoms with Gasteiger partial charge in [-0.2, -0.15) is 0 Å². The van der Waals surface area contributed by atoms with Crippen LogP contribution in [-0.2, 0) is 4.79 Å². The highest BCUT2D eigenvalue weighted by molar-refractivity contribution is 7.80. The smallest absolute Gasteiger partial charge is 0.250 e. The molecular formula is C20H22N2O5S. The molecule has 0 saturated carbocycles. The van der Waals surface area contributed by atoms with Gasteiger partial charge in [0.2, 0.25) is 11.7 Å². The molecule has 0 radical (unpaired) electrons. The van der Waals surface area contributed by atoms with Crippen molar-refractivity contribution in [2.45, 2.75) is 0 Å². The molecular weight excluding hydrogens is 380 g/mol. The van der Waals surface area contributed by atoms with Gasteiger partial charge in [-0.1, -0.05) is 0 Å². The summed E-state index contributed by atoms with van der Waals surface area (Å²) in [7, 11) is 6.18. The van der Waals surface area contributed by atoms with E-state index in [4.69, 9.17) is 31.2 Å². The number of carbonyl (C=O) groups excluding carboxylic acids is 1. The molecule has 2 aromatic rings. The molecule has 2 N–H and O–H groups in total. The number of anilines is 1. The van der Waals surface area contributed by atoms with E-state index in [1.54, 1.807) is 49.6 Å². The van der Waals surface area contributed by atoms with Crippen molar-refractivity contribution in [3.8, 4) is 23.0 Å². The number of nitrogens with one attached hydrogen (secondary N) is 2. The highest BCUT2D eigenvalue weighted by Gasteiger charge is 2.12. The van der Waals surface area contributed by atoms with Crippen LogP contribution in [0, 0.1) is 0 Å². The van der Waals surface area contributed by atoms with E-state index in [-0.39, 0.29) is 11.0 Å². The van der Waals surface area contributed by atoms with Crippen LogP contribution in [0.4, 0.5) is 5.69 Å². The third kappa shape index (κ3) is 5.62. The van der Waals surface area contributed by atoms with Crippen molar-refractivity contribution in [2.75, 3.05) is 33.8 Å². The van der Waals surface area contributed by atoms with Crippen molar-refractivity contribution in [1.82, 2.24) is 5.32 Å². The van der Waals surface area contributed by atoms with Gasteiger partial charge in [0.05, 0.1) is 28.4 Å². The Morgan fingerprint density at radius 3 is 2.04 bits per heavy atom. The first-order valence-corrected chi connectivity index (χ1v) is 8.65. The topological polar surface area (TPSA) is 78.1 Å². The molecule has 1 amide bonds. The molecule has 8 heteroatoms. The van der Waals surface area contributed by atoms with Crippen molar-refractivity contribution in [3.05, 3.63) is 48.0 Å². The van der Waals surface area contributed by atoms with Crippen LogP contribution in [-0.4, -0.2) is 39.5 Å². The number of rotatable bonds is 7. The van der Waals surface area contributed by atoms with Crippen LogP contribution >= 0.6 is 12.2 Å². The molecule has 0 atom stereocenters. The molecule has 0 saturated heterocycles. The fourth-order valence-corrected chi connectivity index (χ4v) is 2.58. The van der Waals surface area contributed by atoms with Gasteiger partial charge in [0.25, 0.3) is 0 Å². The second-order valence-corrected chi connectivity index (χ2v) is 5.87. The van der Waals surface area contributed by atoms with Crippen molar-refractivity contribution in [3.63, 3.8) is 0 Å². The maximum Gasteiger partial charge on any atom is 0.250 e. The standard InChI is InChI=1S/C20H22N2O5S/c1-24-15-8-6-14(7-9-15)21-20(28)22-18(23)10-5-13-11-16(25-2)19(27-4)17(12-13)26-3/h5-12H,1-4H3,(H2,21,22,23,28)/b10-5+. The van der Waals surface area contributed by atoms with Gasteiger partial charge in [0.1, 0.15) is 5.75 Å². The fourth-order valence-electron chi connectivity index (χ4n) is 2.36. The number of ether oxygens (including phenoxy) is 4. The fraction of sp³-hybridized carbons (Fsp3) is 0.200. The summed E-state index contributed by atoms with van der Waals surface area (Å²) in [6.45, 7) is 0. The van der Waals surface area contributed by atoms with Crippen LogP contribution in [0.5, 0.6) is 23.0 Å². The largest absolute Gasteiger partial charge is 0.497 e. The number of amides is 1. The highest BCUT2D eigenvalue weighted by atomic mass is 32.1. The Kier molecular flexibility index (Phi) is 7.65. The Labute approximate surface area is 169 Å². The van der Waals surface area contributed by atoms with Crippen LogP contribution in [0.1, 0.15) is 5.56 Å². The van der Waals surface area contributed by atoms with E-state index in [2.05, 4.69) is 10.6 Å². The molecule has 0 aliphatic rings. The first kappa shape index (κ1) is 21.0. The Morgan fingerprint density at radius 1 is 0.929 bits per heavy atom. The average Bonchev–Trinajstić information content (AvgIpc) is 2.71. The number of hydrogen-bond acceptors (Lipinski definition) is 6. The monoisotopic (exact) mass is 402 g/mol. The highest BCUT2D eigenvalue weighted by Crippen LogP contribution is 2.38. The molecule has 0 heterocycles. The molecule has 0 spiro atoms. The molecule has 0 aromatic heterocycles. The molecule has 148 valence electrons. The third-order valence-corrected chi connectivity index (χ3v) is 3.90. The third-order valence-electron chi connectivity index (χ3n) is 3.70. The summed E-state index contributed by atoms with van der Waals surface area (Å²) >= 11 is 5.15. The molecule has 0 aliphatic heterocycles. The molecule has 28 heavy (non-hydrogen) atoms. The lowest BCUT2D eigenvalue weighted by Crippen LogP contribution is -2.32. The minimum absolute atomic E-state index is 0.185. The van der Waals surface area contributed by atoms with Crippen molar-refractivity contribution in [2.24, 2.45) is 0 Å². The van der Waals surface area contributed by atoms with Crippen molar-refractivity contribution >= 4 is 35.0 Å².